The van der Waals surface area contributed by atoms with Crippen molar-refractivity contribution in [3.63, 3.8) is 0 Å². The minimum Gasteiger partial charge on any atom is -0.324 e. The highest BCUT2D eigenvalue weighted by Gasteiger charge is 2.27. The zero-order valence-corrected chi connectivity index (χ0v) is 18.6. The molecular formula is C22H20ClN3O5S. The van der Waals surface area contributed by atoms with Crippen LogP contribution in [0.3, 0.4) is 0 Å². The highest BCUT2D eigenvalue weighted by atomic mass is 35.5. The van der Waals surface area contributed by atoms with E-state index in [-0.39, 0.29) is 22.8 Å². The number of hydrogen-bond acceptors (Lipinski definition) is 5. The minimum atomic E-state index is -4.03. The van der Waals surface area contributed by atoms with Gasteiger partial charge in [-0.1, -0.05) is 48.0 Å². The smallest absolute Gasteiger partial charge is 0.271 e. The van der Waals surface area contributed by atoms with Gasteiger partial charge in [0.25, 0.3) is 5.69 Å². The molecular weight excluding hydrogens is 454 g/mol. The number of nitro benzene ring substituents is 1. The van der Waals surface area contributed by atoms with Gasteiger partial charge in [0.15, 0.2) is 0 Å². The van der Waals surface area contributed by atoms with Gasteiger partial charge in [0, 0.05) is 23.7 Å². The maximum atomic E-state index is 13.3. The van der Waals surface area contributed by atoms with Gasteiger partial charge < -0.3 is 5.32 Å². The number of non-ortho nitro benzene ring substituents is 1. The van der Waals surface area contributed by atoms with Crippen molar-refractivity contribution >= 4 is 38.9 Å². The molecule has 0 aliphatic carbocycles. The number of halogens is 1. The van der Waals surface area contributed by atoms with E-state index >= 15 is 0 Å². The van der Waals surface area contributed by atoms with Crippen molar-refractivity contribution in [3.05, 3.63) is 99.1 Å². The molecule has 0 radical (unpaired) electrons. The van der Waals surface area contributed by atoms with Crippen molar-refractivity contribution in [1.29, 1.82) is 0 Å². The Balaban J connectivity index is 1.88. The standard InChI is InChI=1S/C22H20ClN3O5S/c1-16-7-10-19(26(28)29)13-21(16)24-22(27)15-25(14-17-5-3-2-4-6-17)32(30,31)20-11-8-18(23)9-12-20/h2-13H,14-15H2,1H3,(H,24,27). The number of nitro groups is 1. The highest BCUT2D eigenvalue weighted by Crippen LogP contribution is 2.23. The van der Waals surface area contributed by atoms with E-state index in [1.165, 1.54) is 42.5 Å². The Morgan fingerprint density at radius 2 is 1.72 bits per heavy atom. The number of nitrogens with one attached hydrogen (secondary N) is 1. The largest absolute Gasteiger partial charge is 0.324 e. The monoisotopic (exact) mass is 473 g/mol. The fourth-order valence-corrected chi connectivity index (χ4v) is 4.49. The fraction of sp³-hybridized carbons (Fsp3) is 0.136. The lowest BCUT2D eigenvalue weighted by atomic mass is 10.2. The first-order chi connectivity index (χ1) is 15.2. The SMILES string of the molecule is Cc1ccc([N+](=O)[O-])cc1NC(=O)CN(Cc1ccccc1)S(=O)(=O)c1ccc(Cl)cc1. The van der Waals surface area contributed by atoms with E-state index in [1.807, 2.05) is 0 Å². The molecule has 32 heavy (non-hydrogen) atoms. The second-order valence-electron chi connectivity index (χ2n) is 7.02. The van der Waals surface area contributed by atoms with E-state index in [1.54, 1.807) is 37.3 Å². The molecule has 0 spiro atoms. The van der Waals surface area contributed by atoms with Crippen LogP contribution in [0.2, 0.25) is 5.02 Å². The first kappa shape index (κ1) is 23.4. The summed E-state index contributed by atoms with van der Waals surface area (Å²) in [5.41, 5.74) is 1.37. The molecule has 0 unspecified atom stereocenters. The van der Waals surface area contributed by atoms with Crippen molar-refractivity contribution in [2.75, 3.05) is 11.9 Å². The second-order valence-corrected chi connectivity index (χ2v) is 9.39. The first-order valence-electron chi connectivity index (χ1n) is 9.51. The number of anilines is 1. The van der Waals surface area contributed by atoms with Crippen LogP contribution >= 0.6 is 11.6 Å². The molecule has 1 amide bonds. The number of amides is 1. The Bertz CT molecular complexity index is 1230. The van der Waals surface area contributed by atoms with E-state index in [0.717, 1.165) is 4.31 Å². The van der Waals surface area contributed by atoms with E-state index in [9.17, 15) is 23.3 Å². The number of nitrogens with zero attached hydrogens (tertiary/aromatic N) is 2. The van der Waals surface area contributed by atoms with Crippen LogP contribution in [0.15, 0.2) is 77.7 Å². The van der Waals surface area contributed by atoms with Gasteiger partial charge in [-0.25, -0.2) is 8.42 Å². The number of benzene rings is 3. The number of carbonyl (C=O) groups excluding carboxylic acids is 1. The normalized spacial score (nSPS) is 11.3. The molecule has 0 saturated heterocycles. The van der Waals surface area contributed by atoms with Gasteiger partial charge in [-0.05, 0) is 42.3 Å². The van der Waals surface area contributed by atoms with Crippen LogP contribution in [-0.4, -0.2) is 30.1 Å². The molecule has 0 heterocycles. The summed E-state index contributed by atoms with van der Waals surface area (Å²) >= 11 is 5.88. The molecule has 0 bridgehead atoms. The molecule has 0 aliphatic heterocycles. The van der Waals surface area contributed by atoms with Gasteiger partial charge in [0.05, 0.1) is 22.1 Å². The number of aryl methyl sites for hydroxylation is 1. The predicted octanol–water partition coefficient (Wildman–Crippen LogP) is 4.39. The third-order valence-corrected chi connectivity index (χ3v) is 6.74. The van der Waals surface area contributed by atoms with E-state index in [2.05, 4.69) is 5.32 Å². The molecule has 0 saturated carbocycles. The quantitative estimate of drug-likeness (QED) is 0.385. The molecule has 3 rings (SSSR count). The Kier molecular flexibility index (Phi) is 7.24. The average molecular weight is 474 g/mol. The summed E-state index contributed by atoms with van der Waals surface area (Å²) in [6.07, 6.45) is 0. The van der Waals surface area contributed by atoms with Gasteiger partial charge in [0.2, 0.25) is 15.9 Å². The van der Waals surface area contributed by atoms with Crippen LogP contribution in [-0.2, 0) is 21.4 Å². The number of hydrogen-bond donors (Lipinski definition) is 1. The van der Waals surface area contributed by atoms with E-state index in [4.69, 9.17) is 11.6 Å². The zero-order chi connectivity index (χ0) is 23.3. The third-order valence-electron chi connectivity index (χ3n) is 4.68. The van der Waals surface area contributed by atoms with Crippen molar-refractivity contribution < 1.29 is 18.1 Å². The molecule has 3 aromatic carbocycles. The van der Waals surface area contributed by atoms with Crippen LogP contribution in [0, 0.1) is 17.0 Å². The summed E-state index contributed by atoms with van der Waals surface area (Å²) < 4.78 is 27.6. The summed E-state index contributed by atoms with van der Waals surface area (Å²) in [7, 11) is -4.03. The van der Waals surface area contributed by atoms with Gasteiger partial charge in [-0.15, -0.1) is 0 Å². The highest BCUT2D eigenvalue weighted by molar-refractivity contribution is 7.89. The lowest BCUT2D eigenvalue weighted by Crippen LogP contribution is -2.37. The third kappa shape index (κ3) is 5.70. The molecule has 0 fully saturated rings. The van der Waals surface area contributed by atoms with Gasteiger partial charge >= 0.3 is 0 Å². The Morgan fingerprint density at radius 1 is 1.06 bits per heavy atom. The van der Waals surface area contributed by atoms with E-state index in [0.29, 0.717) is 16.1 Å². The van der Waals surface area contributed by atoms with Crippen molar-refractivity contribution in [2.45, 2.75) is 18.4 Å². The Labute approximate surface area is 190 Å². The topological polar surface area (TPSA) is 110 Å². The minimum absolute atomic E-state index is 0.00263. The lowest BCUT2D eigenvalue weighted by Gasteiger charge is -2.22. The average Bonchev–Trinajstić information content (AvgIpc) is 2.75. The van der Waals surface area contributed by atoms with Crippen LogP contribution in [0.5, 0.6) is 0 Å². The Hall–Kier alpha value is -3.27. The molecule has 166 valence electrons. The summed E-state index contributed by atoms with van der Waals surface area (Å²) in [6.45, 7) is 1.17. The summed E-state index contributed by atoms with van der Waals surface area (Å²) in [6, 6.07) is 18.6. The second kappa shape index (κ2) is 9.90. The predicted molar refractivity (Wildman–Crippen MR) is 122 cm³/mol. The molecule has 8 nitrogen and oxygen atoms in total. The summed E-state index contributed by atoms with van der Waals surface area (Å²) in [4.78, 5) is 23.2. The summed E-state index contributed by atoms with van der Waals surface area (Å²) in [5.74, 6) is -0.623. The van der Waals surface area contributed by atoms with Crippen LogP contribution in [0.4, 0.5) is 11.4 Å². The molecule has 1 N–H and O–H groups in total. The first-order valence-corrected chi connectivity index (χ1v) is 11.3. The summed E-state index contributed by atoms with van der Waals surface area (Å²) in [5, 5.41) is 14.0. The maximum Gasteiger partial charge on any atom is 0.271 e. The maximum absolute atomic E-state index is 13.3. The molecule has 0 aliphatic rings. The van der Waals surface area contributed by atoms with Gasteiger partial charge in [-0.3, -0.25) is 14.9 Å². The molecule has 0 aromatic heterocycles. The van der Waals surface area contributed by atoms with Crippen LogP contribution in [0.1, 0.15) is 11.1 Å². The number of rotatable bonds is 8. The van der Waals surface area contributed by atoms with Crippen molar-refractivity contribution in [3.8, 4) is 0 Å². The Morgan fingerprint density at radius 3 is 2.34 bits per heavy atom. The fourth-order valence-electron chi connectivity index (χ4n) is 2.98. The lowest BCUT2D eigenvalue weighted by molar-refractivity contribution is -0.384. The van der Waals surface area contributed by atoms with Gasteiger partial charge in [0.1, 0.15) is 0 Å². The van der Waals surface area contributed by atoms with E-state index < -0.39 is 27.4 Å². The molecule has 0 atom stereocenters. The number of sulfonamides is 1. The van der Waals surface area contributed by atoms with Gasteiger partial charge in [-0.2, -0.15) is 4.31 Å². The van der Waals surface area contributed by atoms with Crippen LogP contribution in [0.25, 0.3) is 0 Å². The van der Waals surface area contributed by atoms with Crippen molar-refractivity contribution in [1.82, 2.24) is 4.31 Å². The molecule has 3 aromatic rings. The zero-order valence-electron chi connectivity index (χ0n) is 17.1. The van der Waals surface area contributed by atoms with Crippen molar-refractivity contribution in [2.24, 2.45) is 0 Å². The molecule has 10 heteroatoms. The van der Waals surface area contributed by atoms with Crippen LogP contribution < -0.4 is 5.32 Å². The number of carbonyl (C=O) groups is 1.